The van der Waals surface area contributed by atoms with E-state index in [1.807, 2.05) is 48.7 Å². The highest BCUT2D eigenvalue weighted by atomic mass is 16.2. The number of anilines is 1. The highest BCUT2D eigenvalue weighted by Crippen LogP contribution is 2.15. The molecule has 1 atom stereocenters. The van der Waals surface area contributed by atoms with Crippen molar-refractivity contribution in [3.8, 4) is 0 Å². The van der Waals surface area contributed by atoms with Crippen LogP contribution < -0.4 is 5.32 Å². The van der Waals surface area contributed by atoms with Crippen molar-refractivity contribution in [1.29, 1.82) is 0 Å². The fourth-order valence-electron chi connectivity index (χ4n) is 3.02. The maximum atomic E-state index is 12.4. The quantitative estimate of drug-likeness (QED) is 0.901. The van der Waals surface area contributed by atoms with Crippen molar-refractivity contribution in [3.05, 3.63) is 35.4 Å². The van der Waals surface area contributed by atoms with Crippen LogP contribution in [0.3, 0.4) is 0 Å². The van der Waals surface area contributed by atoms with Gasteiger partial charge in [-0.05, 0) is 39.3 Å². The summed E-state index contributed by atoms with van der Waals surface area (Å²) in [6.07, 6.45) is 3.18. The van der Waals surface area contributed by atoms with Gasteiger partial charge in [-0.25, -0.2) is 9.97 Å². The topological polar surface area (TPSA) is 75.9 Å². The fraction of sp³-hybridized carbons (Fsp3) is 0.529. The number of aryl methyl sites for hydroxylation is 3. The molecule has 1 N–H and O–H groups in total. The van der Waals surface area contributed by atoms with Crippen LogP contribution in [0, 0.1) is 13.8 Å². The van der Waals surface area contributed by atoms with E-state index in [9.17, 15) is 4.79 Å². The van der Waals surface area contributed by atoms with E-state index >= 15 is 0 Å². The molecular weight excluding hydrogens is 304 g/mol. The van der Waals surface area contributed by atoms with Gasteiger partial charge in [0, 0.05) is 43.3 Å². The molecule has 7 nitrogen and oxygen atoms in total. The third kappa shape index (κ3) is 3.90. The predicted molar refractivity (Wildman–Crippen MR) is 91.7 cm³/mol. The molecule has 1 unspecified atom stereocenters. The third-order valence-electron chi connectivity index (χ3n) is 4.21. The normalized spacial score (nSPS) is 17.3. The Labute approximate surface area is 142 Å². The molecule has 1 aliphatic rings. The SMILES string of the molecule is CCn1ccc(CC(=O)N2CCC(Nc3nc(C)cc(C)n3)C2)n1. The second-order valence-electron chi connectivity index (χ2n) is 6.28. The van der Waals surface area contributed by atoms with Crippen molar-refractivity contribution in [2.45, 2.75) is 46.2 Å². The zero-order valence-corrected chi connectivity index (χ0v) is 14.5. The summed E-state index contributed by atoms with van der Waals surface area (Å²) < 4.78 is 1.84. The molecule has 1 saturated heterocycles. The van der Waals surface area contributed by atoms with Gasteiger partial charge in [-0.15, -0.1) is 0 Å². The number of nitrogens with one attached hydrogen (secondary N) is 1. The van der Waals surface area contributed by atoms with Crippen LogP contribution in [-0.4, -0.2) is 49.7 Å². The van der Waals surface area contributed by atoms with Gasteiger partial charge in [-0.1, -0.05) is 0 Å². The summed E-state index contributed by atoms with van der Waals surface area (Å²) in [4.78, 5) is 23.1. The first-order valence-corrected chi connectivity index (χ1v) is 8.42. The lowest BCUT2D eigenvalue weighted by Gasteiger charge is -2.17. The van der Waals surface area contributed by atoms with E-state index < -0.39 is 0 Å². The number of rotatable bonds is 5. The molecule has 0 radical (unpaired) electrons. The lowest BCUT2D eigenvalue weighted by Crippen LogP contribution is -2.33. The van der Waals surface area contributed by atoms with Crippen LogP contribution in [0.4, 0.5) is 5.95 Å². The van der Waals surface area contributed by atoms with Crippen molar-refractivity contribution in [1.82, 2.24) is 24.6 Å². The average Bonchev–Trinajstić information content (AvgIpc) is 3.15. The highest BCUT2D eigenvalue weighted by molar-refractivity contribution is 5.78. The third-order valence-corrected chi connectivity index (χ3v) is 4.21. The van der Waals surface area contributed by atoms with E-state index in [-0.39, 0.29) is 11.9 Å². The van der Waals surface area contributed by atoms with E-state index in [1.54, 1.807) is 0 Å². The minimum Gasteiger partial charge on any atom is -0.350 e. The van der Waals surface area contributed by atoms with Gasteiger partial charge in [0.25, 0.3) is 0 Å². The maximum absolute atomic E-state index is 12.4. The average molecular weight is 328 g/mol. The lowest BCUT2D eigenvalue weighted by molar-refractivity contribution is -0.129. The summed E-state index contributed by atoms with van der Waals surface area (Å²) in [5, 5.41) is 7.73. The Hall–Kier alpha value is -2.44. The van der Waals surface area contributed by atoms with E-state index in [2.05, 4.69) is 20.4 Å². The van der Waals surface area contributed by atoms with Gasteiger partial charge in [0.2, 0.25) is 11.9 Å². The van der Waals surface area contributed by atoms with Crippen molar-refractivity contribution < 1.29 is 4.79 Å². The molecule has 2 aromatic rings. The summed E-state index contributed by atoms with van der Waals surface area (Å²) in [7, 11) is 0. The molecular formula is C17H24N6O. The summed E-state index contributed by atoms with van der Waals surface area (Å²) in [5.74, 6) is 0.774. The van der Waals surface area contributed by atoms with Crippen molar-refractivity contribution in [3.63, 3.8) is 0 Å². The van der Waals surface area contributed by atoms with Crippen molar-refractivity contribution >= 4 is 11.9 Å². The molecule has 0 aromatic carbocycles. The Morgan fingerprint density at radius 2 is 2.08 bits per heavy atom. The molecule has 3 rings (SSSR count). The van der Waals surface area contributed by atoms with Crippen LogP contribution in [-0.2, 0) is 17.8 Å². The Bertz CT molecular complexity index is 705. The number of likely N-dealkylation sites (tertiary alicyclic amines) is 1. The minimum absolute atomic E-state index is 0.127. The first-order chi connectivity index (χ1) is 11.5. The number of carbonyl (C=O) groups is 1. The number of hydrogen-bond donors (Lipinski definition) is 1. The second kappa shape index (κ2) is 6.98. The predicted octanol–water partition coefficient (Wildman–Crippen LogP) is 1.57. The van der Waals surface area contributed by atoms with Gasteiger partial charge in [0.05, 0.1) is 12.1 Å². The van der Waals surface area contributed by atoms with Crippen LogP contribution in [0.1, 0.15) is 30.4 Å². The zero-order valence-electron chi connectivity index (χ0n) is 14.5. The molecule has 0 saturated carbocycles. The van der Waals surface area contributed by atoms with Crippen LogP contribution in [0.2, 0.25) is 0 Å². The lowest BCUT2D eigenvalue weighted by atomic mass is 10.2. The minimum atomic E-state index is 0.127. The molecule has 0 aliphatic carbocycles. The number of hydrogen-bond acceptors (Lipinski definition) is 5. The van der Waals surface area contributed by atoms with Gasteiger partial charge in [-0.3, -0.25) is 9.48 Å². The molecule has 1 fully saturated rings. The Morgan fingerprint density at radius 3 is 2.75 bits per heavy atom. The fourth-order valence-corrected chi connectivity index (χ4v) is 3.02. The first kappa shape index (κ1) is 16.4. The van der Waals surface area contributed by atoms with Crippen LogP contribution in [0.15, 0.2) is 18.3 Å². The molecule has 0 bridgehead atoms. The van der Waals surface area contributed by atoms with E-state index in [4.69, 9.17) is 0 Å². The monoisotopic (exact) mass is 328 g/mol. The molecule has 1 amide bonds. The molecule has 24 heavy (non-hydrogen) atoms. The largest absolute Gasteiger partial charge is 0.350 e. The second-order valence-corrected chi connectivity index (χ2v) is 6.28. The smallest absolute Gasteiger partial charge is 0.228 e. The van der Waals surface area contributed by atoms with Gasteiger partial charge in [-0.2, -0.15) is 5.10 Å². The molecule has 3 heterocycles. The summed E-state index contributed by atoms with van der Waals surface area (Å²) in [6.45, 7) is 8.21. The Balaban J connectivity index is 1.55. The van der Waals surface area contributed by atoms with Crippen molar-refractivity contribution in [2.24, 2.45) is 0 Å². The molecule has 7 heteroatoms. The molecule has 2 aromatic heterocycles. The van der Waals surface area contributed by atoms with Crippen molar-refractivity contribution in [2.75, 3.05) is 18.4 Å². The van der Waals surface area contributed by atoms with Gasteiger partial charge in [0.1, 0.15) is 0 Å². The molecule has 0 spiro atoms. The zero-order chi connectivity index (χ0) is 17.1. The number of aromatic nitrogens is 4. The Morgan fingerprint density at radius 1 is 1.33 bits per heavy atom. The number of nitrogens with zero attached hydrogens (tertiary/aromatic N) is 5. The first-order valence-electron chi connectivity index (χ1n) is 8.42. The number of carbonyl (C=O) groups excluding carboxylic acids is 1. The standard InChI is InChI=1S/C17H24N6O/c1-4-23-8-6-14(21-23)10-16(24)22-7-5-15(11-22)20-17-18-12(2)9-13(3)19-17/h6,8-9,15H,4-5,7,10-11H2,1-3H3,(H,18,19,20). The molecule has 128 valence electrons. The summed E-state index contributed by atoms with van der Waals surface area (Å²) >= 11 is 0. The van der Waals surface area contributed by atoms with Crippen LogP contribution in [0.25, 0.3) is 0 Å². The molecule has 1 aliphatic heterocycles. The van der Waals surface area contributed by atoms with E-state index in [0.29, 0.717) is 18.9 Å². The van der Waals surface area contributed by atoms with Crippen LogP contribution in [0.5, 0.6) is 0 Å². The Kier molecular flexibility index (Phi) is 4.78. The van der Waals surface area contributed by atoms with E-state index in [1.165, 1.54) is 0 Å². The van der Waals surface area contributed by atoms with Crippen LogP contribution >= 0.6 is 0 Å². The van der Waals surface area contributed by atoms with Gasteiger partial charge < -0.3 is 10.2 Å². The van der Waals surface area contributed by atoms with E-state index in [0.717, 1.165) is 36.6 Å². The number of amides is 1. The summed E-state index contributed by atoms with van der Waals surface area (Å²) in [6, 6.07) is 4.06. The van der Waals surface area contributed by atoms with Gasteiger partial charge in [0.15, 0.2) is 0 Å². The van der Waals surface area contributed by atoms with Gasteiger partial charge >= 0.3 is 0 Å². The maximum Gasteiger partial charge on any atom is 0.228 e. The summed E-state index contributed by atoms with van der Waals surface area (Å²) in [5.41, 5.74) is 2.72. The highest BCUT2D eigenvalue weighted by Gasteiger charge is 2.27.